The summed E-state index contributed by atoms with van der Waals surface area (Å²) in [5.74, 6) is 0.114. The molecule has 0 spiro atoms. The molecule has 0 aliphatic carbocycles. The number of aromatic nitrogens is 2. The monoisotopic (exact) mass is 423 g/mol. The van der Waals surface area contributed by atoms with Crippen LogP contribution in [0.5, 0.6) is 0 Å². The van der Waals surface area contributed by atoms with E-state index in [0.29, 0.717) is 19.1 Å². The van der Waals surface area contributed by atoms with Gasteiger partial charge in [-0.05, 0) is 50.2 Å². The van der Waals surface area contributed by atoms with Crippen molar-refractivity contribution in [3.8, 4) is 0 Å². The predicted molar refractivity (Wildman–Crippen MR) is 123 cm³/mol. The molecule has 1 aliphatic rings. The van der Waals surface area contributed by atoms with Crippen LogP contribution in [0.1, 0.15) is 36.7 Å². The van der Waals surface area contributed by atoms with Crippen molar-refractivity contribution in [3.05, 3.63) is 53.7 Å². The highest BCUT2D eigenvalue weighted by molar-refractivity contribution is 7.21. The molecule has 0 unspecified atom stereocenters. The van der Waals surface area contributed by atoms with E-state index >= 15 is 0 Å². The molecule has 3 aromatic rings. The van der Waals surface area contributed by atoms with Crippen molar-refractivity contribution in [1.82, 2.24) is 19.8 Å². The Kier molecular flexibility index (Phi) is 6.29. The molecule has 1 saturated heterocycles. The molecule has 1 aliphatic heterocycles. The summed E-state index contributed by atoms with van der Waals surface area (Å²) >= 11 is 1.62. The van der Waals surface area contributed by atoms with Gasteiger partial charge in [-0.2, -0.15) is 0 Å². The van der Waals surface area contributed by atoms with Crippen LogP contribution >= 0.6 is 11.3 Å². The summed E-state index contributed by atoms with van der Waals surface area (Å²) in [5.41, 5.74) is 2.95. The first kappa shape index (κ1) is 20.8. The van der Waals surface area contributed by atoms with Crippen LogP contribution < -0.4 is 4.90 Å². The number of nitrogens with zero attached hydrogens (tertiary/aromatic N) is 5. The first-order chi connectivity index (χ1) is 14.5. The van der Waals surface area contributed by atoms with Crippen molar-refractivity contribution >= 4 is 32.7 Å². The Morgan fingerprint density at radius 2 is 1.87 bits per heavy atom. The highest BCUT2D eigenvalue weighted by Crippen LogP contribution is 2.27. The zero-order chi connectivity index (χ0) is 21.1. The molecule has 4 rings (SSSR count). The van der Waals surface area contributed by atoms with E-state index in [-0.39, 0.29) is 5.91 Å². The lowest BCUT2D eigenvalue weighted by atomic mass is 10.1. The SMILES string of the molecule is CCN(Cc1ccc(C(=O)N2CCN(c3nc4cccnc4s3)CC2)cc1)C(C)C. The number of thiazole rings is 1. The minimum atomic E-state index is 0.114. The first-order valence-corrected chi connectivity index (χ1v) is 11.5. The van der Waals surface area contributed by atoms with E-state index in [1.54, 1.807) is 17.5 Å². The van der Waals surface area contributed by atoms with Gasteiger partial charge in [-0.1, -0.05) is 30.4 Å². The van der Waals surface area contributed by atoms with E-state index in [2.05, 4.69) is 47.7 Å². The van der Waals surface area contributed by atoms with Crippen molar-refractivity contribution < 1.29 is 4.79 Å². The van der Waals surface area contributed by atoms with E-state index in [4.69, 9.17) is 4.98 Å². The van der Waals surface area contributed by atoms with E-state index in [1.165, 1.54) is 5.56 Å². The van der Waals surface area contributed by atoms with Crippen LogP contribution in [0.4, 0.5) is 5.13 Å². The van der Waals surface area contributed by atoms with E-state index < -0.39 is 0 Å². The van der Waals surface area contributed by atoms with Crippen LogP contribution in [0.25, 0.3) is 10.3 Å². The molecule has 6 nitrogen and oxygen atoms in total. The lowest BCUT2D eigenvalue weighted by molar-refractivity contribution is 0.0746. The lowest BCUT2D eigenvalue weighted by Gasteiger charge is -2.34. The molecule has 7 heteroatoms. The van der Waals surface area contributed by atoms with Gasteiger partial charge in [0.15, 0.2) is 5.13 Å². The quantitative estimate of drug-likeness (QED) is 0.602. The molecule has 0 radical (unpaired) electrons. The zero-order valence-corrected chi connectivity index (χ0v) is 18.7. The van der Waals surface area contributed by atoms with Crippen molar-refractivity contribution in [2.24, 2.45) is 0 Å². The number of amides is 1. The van der Waals surface area contributed by atoms with Crippen LogP contribution in [-0.4, -0.2) is 64.4 Å². The van der Waals surface area contributed by atoms with Gasteiger partial charge < -0.3 is 9.80 Å². The third-order valence-electron chi connectivity index (χ3n) is 5.72. The van der Waals surface area contributed by atoms with Crippen molar-refractivity contribution in [2.75, 3.05) is 37.6 Å². The maximum absolute atomic E-state index is 13.0. The van der Waals surface area contributed by atoms with Crippen LogP contribution in [0.2, 0.25) is 0 Å². The second kappa shape index (κ2) is 9.10. The molecule has 3 heterocycles. The molecule has 0 N–H and O–H groups in total. The summed E-state index contributed by atoms with van der Waals surface area (Å²) in [7, 11) is 0. The topological polar surface area (TPSA) is 52.6 Å². The standard InChI is InChI=1S/C23H29N5OS/c1-4-26(17(2)3)16-18-7-9-19(10-8-18)22(29)27-12-14-28(15-13-27)23-25-20-6-5-11-24-21(20)30-23/h5-11,17H,4,12-16H2,1-3H3. The van der Waals surface area contributed by atoms with Crippen LogP contribution in [0.15, 0.2) is 42.6 Å². The zero-order valence-electron chi connectivity index (χ0n) is 17.9. The van der Waals surface area contributed by atoms with Gasteiger partial charge in [0.25, 0.3) is 5.91 Å². The highest BCUT2D eigenvalue weighted by atomic mass is 32.1. The number of anilines is 1. The average Bonchev–Trinajstić information content (AvgIpc) is 3.21. The molecule has 0 saturated carbocycles. The Morgan fingerprint density at radius 3 is 2.50 bits per heavy atom. The minimum absolute atomic E-state index is 0.114. The largest absolute Gasteiger partial charge is 0.344 e. The third-order valence-corrected chi connectivity index (χ3v) is 6.76. The molecular weight excluding hydrogens is 394 g/mol. The minimum Gasteiger partial charge on any atom is -0.344 e. The molecule has 0 atom stereocenters. The fraction of sp³-hybridized carbons (Fsp3) is 0.435. The van der Waals surface area contributed by atoms with E-state index in [1.807, 2.05) is 29.2 Å². The highest BCUT2D eigenvalue weighted by Gasteiger charge is 2.24. The maximum Gasteiger partial charge on any atom is 0.253 e. The number of fused-ring (bicyclic) bond motifs is 1. The number of rotatable bonds is 6. The fourth-order valence-electron chi connectivity index (χ4n) is 3.82. The summed E-state index contributed by atoms with van der Waals surface area (Å²) in [6, 6.07) is 12.5. The second-order valence-electron chi connectivity index (χ2n) is 7.96. The number of carbonyl (C=O) groups excluding carboxylic acids is 1. The number of piperazine rings is 1. The number of hydrogen-bond donors (Lipinski definition) is 0. The summed E-state index contributed by atoms with van der Waals surface area (Å²) in [4.78, 5) is 29.6. The van der Waals surface area contributed by atoms with Gasteiger partial charge in [0.1, 0.15) is 10.3 Å². The van der Waals surface area contributed by atoms with Gasteiger partial charge in [-0.15, -0.1) is 0 Å². The molecule has 1 amide bonds. The molecule has 158 valence electrons. The van der Waals surface area contributed by atoms with Crippen molar-refractivity contribution in [3.63, 3.8) is 0 Å². The average molecular weight is 424 g/mol. The Morgan fingerprint density at radius 1 is 1.13 bits per heavy atom. The van der Waals surface area contributed by atoms with Gasteiger partial charge in [0, 0.05) is 50.5 Å². The van der Waals surface area contributed by atoms with Gasteiger partial charge >= 0.3 is 0 Å². The Labute approximate surface area is 182 Å². The number of benzene rings is 1. The maximum atomic E-state index is 13.0. The van der Waals surface area contributed by atoms with Gasteiger partial charge in [-0.25, -0.2) is 9.97 Å². The Bertz CT molecular complexity index is 959. The van der Waals surface area contributed by atoms with Crippen molar-refractivity contribution in [2.45, 2.75) is 33.4 Å². The summed E-state index contributed by atoms with van der Waals surface area (Å²) < 4.78 is 0. The summed E-state index contributed by atoms with van der Waals surface area (Å²) in [5, 5.41) is 0.991. The molecular formula is C23H29N5OS. The van der Waals surface area contributed by atoms with E-state index in [0.717, 1.165) is 47.2 Å². The Hall–Kier alpha value is -2.51. The number of carbonyl (C=O) groups is 1. The van der Waals surface area contributed by atoms with Gasteiger partial charge in [-0.3, -0.25) is 9.69 Å². The van der Waals surface area contributed by atoms with Crippen LogP contribution in [-0.2, 0) is 6.54 Å². The first-order valence-electron chi connectivity index (χ1n) is 10.6. The van der Waals surface area contributed by atoms with Crippen LogP contribution in [0.3, 0.4) is 0 Å². The van der Waals surface area contributed by atoms with Gasteiger partial charge in [0.2, 0.25) is 0 Å². The third kappa shape index (κ3) is 4.47. The fourth-order valence-corrected chi connectivity index (χ4v) is 4.78. The van der Waals surface area contributed by atoms with E-state index in [9.17, 15) is 4.79 Å². The molecule has 1 aromatic carbocycles. The molecule has 0 bridgehead atoms. The van der Waals surface area contributed by atoms with Crippen molar-refractivity contribution in [1.29, 1.82) is 0 Å². The lowest BCUT2D eigenvalue weighted by Crippen LogP contribution is -2.48. The molecule has 30 heavy (non-hydrogen) atoms. The number of pyridine rings is 1. The second-order valence-corrected chi connectivity index (χ2v) is 8.91. The normalized spacial score (nSPS) is 14.8. The van der Waals surface area contributed by atoms with Crippen LogP contribution in [0, 0.1) is 0 Å². The smallest absolute Gasteiger partial charge is 0.253 e. The molecule has 1 fully saturated rings. The number of hydrogen-bond acceptors (Lipinski definition) is 6. The summed E-state index contributed by atoms with van der Waals surface area (Å²) in [6.45, 7) is 11.6. The van der Waals surface area contributed by atoms with Gasteiger partial charge in [0.05, 0.1) is 0 Å². The summed E-state index contributed by atoms with van der Waals surface area (Å²) in [6.07, 6.45) is 1.80. The predicted octanol–water partition coefficient (Wildman–Crippen LogP) is 3.88. The molecule has 2 aromatic heterocycles. The Balaban J connectivity index is 1.35.